The minimum atomic E-state index is -0.500. The van der Waals surface area contributed by atoms with Crippen LogP contribution in [-0.2, 0) is 5.54 Å². The van der Waals surface area contributed by atoms with Crippen LogP contribution in [0.25, 0.3) is 0 Å². The highest BCUT2D eigenvalue weighted by Gasteiger charge is 2.39. The Balaban J connectivity index is 1.90. The largest absolute Gasteiger partial charge is 0.392 e. The molecule has 1 aliphatic carbocycles. The molecule has 2 heteroatoms. The van der Waals surface area contributed by atoms with Crippen molar-refractivity contribution in [2.24, 2.45) is 0 Å². The van der Waals surface area contributed by atoms with E-state index in [2.05, 4.69) is 96.3 Å². The van der Waals surface area contributed by atoms with Gasteiger partial charge in [0.05, 0.1) is 11.6 Å². The van der Waals surface area contributed by atoms with E-state index < -0.39 is 5.54 Å². The molecule has 0 heterocycles. The molecule has 4 rings (SSSR count). The van der Waals surface area contributed by atoms with Gasteiger partial charge in [0.2, 0.25) is 0 Å². The normalized spacial score (nSPS) is 20.5. The zero-order valence-corrected chi connectivity index (χ0v) is 16.3. The first-order valence-corrected chi connectivity index (χ1v) is 10.4. The summed E-state index contributed by atoms with van der Waals surface area (Å²) in [5, 5.41) is 14.8. The van der Waals surface area contributed by atoms with Crippen LogP contribution in [0.15, 0.2) is 91.0 Å². The predicted octanol–water partition coefficient (Wildman–Crippen LogP) is 5.26. The highest BCUT2D eigenvalue weighted by Crippen LogP contribution is 2.38. The van der Waals surface area contributed by atoms with E-state index in [1.807, 2.05) is 0 Å². The van der Waals surface area contributed by atoms with E-state index in [9.17, 15) is 5.11 Å². The number of aliphatic hydroxyl groups excluding tert-OH is 1. The van der Waals surface area contributed by atoms with Crippen molar-refractivity contribution in [1.82, 2.24) is 5.32 Å². The Morgan fingerprint density at radius 3 is 1.50 bits per heavy atom. The molecule has 0 saturated heterocycles. The summed E-state index contributed by atoms with van der Waals surface area (Å²) in [6.07, 6.45) is 5.00. The number of aliphatic hydroxyl groups is 1. The third-order valence-electron chi connectivity index (χ3n) is 6.00. The molecule has 144 valence electrons. The van der Waals surface area contributed by atoms with Crippen LogP contribution >= 0.6 is 0 Å². The van der Waals surface area contributed by atoms with Crippen molar-refractivity contribution in [2.75, 3.05) is 0 Å². The quantitative estimate of drug-likeness (QED) is 0.473. The van der Waals surface area contributed by atoms with E-state index >= 15 is 0 Å². The number of benzene rings is 3. The van der Waals surface area contributed by atoms with Crippen LogP contribution in [0.4, 0.5) is 0 Å². The maximum absolute atomic E-state index is 10.9. The second-order valence-corrected chi connectivity index (χ2v) is 7.80. The molecule has 2 atom stereocenters. The molecule has 0 bridgehead atoms. The lowest BCUT2D eigenvalue weighted by molar-refractivity contribution is 0.109. The standard InChI is InChI=1S/C26H29NO/c28-25-20-12-4-11-19-24(25)27-26(21-13-5-1-6-14-21,22-15-7-2-8-16-22)23-17-9-3-10-18-23/h1-3,5-10,13-18,24-25,27-28H,4,11-12,19-20H2/t24-,25-/m1/s1. The summed E-state index contributed by atoms with van der Waals surface area (Å²) in [7, 11) is 0. The zero-order valence-electron chi connectivity index (χ0n) is 16.3. The van der Waals surface area contributed by atoms with Gasteiger partial charge >= 0.3 is 0 Å². The molecule has 0 aliphatic heterocycles. The molecule has 2 N–H and O–H groups in total. The monoisotopic (exact) mass is 371 g/mol. The van der Waals surface area contributed by atoms with E-state index in [1.165, 1.54) is 23.1 Å². The molecule has 0 amide bonds. The third kappa shape index (κ3) is 3.76. The van der Waals surface area contributed by atoms with Crippen molar-refractivity contribution >= 4 is 0 Å². The molecule has 3 aromatic rings. The average Bonchev–Trinajstić information content (AvgIpc) is 2.98. The number of nitrogens with one attached hydrogen (secondary N) is 1. The number of hydrogen-bond donors (Lipinski definition) is 2. The summed E-state index contributed by atoms with van der Waals surface area (Å²) in [6, 6.07) is 32.0. The van der Waals surface area contributed by atoms with Crippen molar-refractivity contribution in [1.29, 1.82) is 0 Å². The van der Waals surface area contributed by atoms with Crippen LogP contribution in [0.3, 0.4) is 0 Å². The summed E-state index contributed by atoms with van der Waals surface area (Å²) in [6.45, 7) is 0. The minimum absolute atomic E-state index is 0.0584. The van der Waals surface area contributed by atoms with Gasteiger partial charge in [-0.1, -0.05) is 110 Å². The summed E-state index contributed by atoms with van der Waals surface area (Å²) in [5.74, 6) is 0. The molecule has 0 radical (unpaired) electrons. The lowest BCUT2D eigenvalue weighted by Gasteiger charge is -2.41. The highest BCUT2D eigenvalue weighted by molar-refractivity contribution is 5.49. The Labute approximate surface area is 168 Å². The van der Waals surface area contributed by atoms with Crippen molar-refractivity contribution in [3.8, 4) is 0 Å². The van der Waals surface area contributed by atoms with Crippen molar-refractivity contribution in [2.45, 2.75) is 49.8 Å². The maximum atomic E-state index is 10.9. The number of rotatable bonds is 5. The minimum Gasteiger partial charge on any atom is -0.392 e. The second kappa shape index (κ2) is 8.72. The van der Waals surface area contributed by atoms with Crippen molar-refractivity contribution in [3.05, 3.63) is 108 Å². The topological polar surface area (TPSA) is 32.3 Å². The molecule has 1 saturated carbocycles. The van der Waals surface area contributed by atoms with Crippen molar-refractivity contribution in [3.63, 3.8) is 0 Å². The van der Waals surface area contributed by atoms with Gasteiger partial charge in [-0.2, -0.15) is 0 Å². The van der Waals surface area contributed by atoms with Gasteiger partial charge < -0.3 is 5.11 Å². The summed E-state index contributed by atoms with van der Waals surface area (Å²) < 4.78 is 0. The van der Waals surface area contributed by atoms with Crippen LogP contribution in [0, 0.1) is 0 Å². The smallest absolute Gasteiger partial charge is 0.0950 e. The van der Waals surface area contributed by atoms with Gasteiger partial charge in [-0.05, 0) is 29.5 Å². The van der Waals surface area contributed by atoms with E-state index in [0.29, 0.717) is 0 Å². The Hall–Kier alpha value is -2.42. The number of hydrogen-bond acceptors (Lipinski definition) is 2. The van der Waals surface area contributed by atoms with Gasteiger partial charge in [0, 0.05) is 6.04 Å². The lowest BCUT2D eigenvalue weighted by atomic mass is 9.76. The van der Waals surface area contributed by atoms with Crippen molar-refractivity contribution < 1.29 is 5.11 Å². The van der Waals surface area contributed by atoms with Crippen LogP contribution in [0.2, 0.25) is 0 Å². The fourth-order valence-electron chi connectivity index (χ4n) is 4.55. The van der Waals surface area contributed by atoms with E-state index in [1.54, 1.807) is 0 Å². The van der Waals surface area contributed by atoms with Gasteiger partial charge in [-0.25, -0.2) is 0 Å². The van der Waals surface area contributed by atoms with Gasteiger partial charge in [0.1, 0.15) is 0 Å². The SMILES string of the molecule is O[C@@H]1CCCCC[C@H]1NC(c1ccccc1)(c1ccccc1)c1ccccc1. The summed E-state index contributed by atoms with van der Waals surface area (Å²) in [4.78, 5) is 0. The van der Waals surface area contributed by atoms with Crippen LogP contribution in [0.1, 0.15) is 48.8 Å². The lowest BCUT2D eigenvalue weighted by Crippen LogP contribution is -2.53. The Morgan fingerprint density at radius 2 is 1.04 bits per heavy atom. The molecule has 0 unspecified atom stereocenters. The van der Waals surface area contributed by atoms with E-state index in [4.69, 9.17) is 0 Å². The fraction of sp³-hybridized carbons (Fsp3) is 0.308. The molecule has 28 heavy (non-hydrogen) atoms. The second-order valence-electron chi connectivity index (χ2n) is 7.80. The van der Waals surface area contributed by atoms with Gasteiger partial charge in [-0.3, -0.25) is 5.32 Å². The van der Waals surface area contributed by atoms with E-state index in [-0.39, 0.29) is 12.1 Å². The van der Waals surface area contributed by atoms with Crippen LogP contribution < -0.4 is 5.32 Å². The third-order valence-corrected chi connectivity index (χ3v) is 6.00. The molecule has 1 aliphatic rings. The molecule has 3 aromatic carbocycles. The molecule has 0 spiro atoms. The average molecular weight is 372 g/mol. The molecular formula is C26H29NO. The fourth-order valence-corrected chi connectivity index (χ4v) is 4.55. The Kier molecular flexibility index (Phi) is 5.90. The summed E-state index contributed by atoms with van der Waals surface area (Å²) in [5.41, 5.74) is 3.09. The van der Waals surface area contributed by atoms with Gasteiger partial charge in [0.15, 0.2) is 0 Å². The van der Waals surface area contributed by atoms with Crippen LogP contribution in [0.5, 0.6) is 0 Å². The molecule has 2 nitrogen and oxygen atoms in total. The van der Waals surface area contributed by atoms with E-state index in [0.717, 1.165) is 25.7 Å². The molecule has 1 fully saturated rings. The maximum Gasteiger partial charge on any atom is 0.0950 e. The van der Waals surface area contributed by atoms with Gasteiger partial charge in [0.25, 0.3) is 0 Å². The molecule has 0 aromatic heterocycles. The Bertz CT molecular complexity index is 751. The molecular weight excluding hydrogens is 342 g/mol. The first kappa shape index (κ1) is 18.9. The Morgan fingerprint density at radius 1 is 0.607 bits per heavy atom. The summed E-state index contributed by atoms with van der Waals surface area (Å²) >= 11 is 0. The predicted molar refractivity (Wildman–Crippen MR) is 115 cm³/mol. The zero-order chi connectivity index (χ0) is 19.2. The first-order valence-electron chi connectivity index (χ1n) is 10.4. The van der Waals surface area contributed by atoms with Gasteiger partial charge in [-0.15, -0.1) is 0 Å². The van der Waals surface area contributed by atoms with Crippen LogP contribution in [-0.4, -0.2) is 17.3 Å². The first-order chi connectivity index (χ1) is 13.8. The highest BCUT2D eigenvalue weighted by atomic mass is 16.3.